The minimum absolute atomic E-state index is 0.101. The predicted molar refractivity (Wildman–Crippen MR) is 417 cm³/mol. The zero-order valence-corrected chi connectivity index (χ0v) is 66.0. The molecule has 0 saturated heterocycles. The average Bonchev–Trinajstić information content (AvgIpc) is 1.34. The first-order chi connectivity index (χ1) is 44.2. The molecule has 9 rings (SSSR count). The first kappa shape index (κ1) is 84.6. The lowest BCUT2D eigenvalue weighted by Gasteiger charge is -2.20. The van der Waals surface area contributed by atoms with Crippen LogP contribution < -0.4 is 23.8 Å². The quantitative estimate of drug-likeness (QED) is 0.170. The molecule has 0 aliphatic carbocycles. The van der Waals surface area contributed by atoms with Gasteiger partial charge in [0.15, 0.2) is 11.5 Å². The summed E-state index contributed by atoms with van der Waals surface area (Å²) in [6.45, 7) is 54.3. The minimum atomic E-state index is -0.104. The van der Waals surface area contributed by atoms with Gasteiger partial charge in [-0.3, -0.25) is 9.97 Å². The maximum absolute atomic E-state index is 13.3. The van der Waals surface area contributed by atoms with E-state index in [0.29, 0.717) is 10.8 Å². The van der Waals surface area contributed by atoms with Crippen molar-refractivity contribution in [3.8, 4) is 23.0 Å². The number of nitrogens with zero attached hydrogens (tertiary/aromatic N) is 3. The molecule has 96 heavy (non-hydrogen) atoms. The number of aryl methyl sites for hydroxylation is 1. The summed E-state index contributed by atoms with van der Waals surface area (Å²) in [4.78, 5) is 12.1. The van der Waals surface area contributed by atoms with Crippen molar-refractivity contribution in [3.05, 3.63) is 243 Å². The van der Waals surface area contributed by atoms with E-state index in [0.717, 1.165) is 39.6 Å². The van der Waals surface area contributed by atoms with E-state index in [2.05, 4.69) is 277 Å². The van der Waals surface area contributed by atoms with Gasteiger partial charge in [-0.2, -0.15) is 0 Å². The predicted octanol–water partition coefficient (Wildman–Crippen LogP) is 24.4. The lowest BCUT2D eigenvalue weighted by atomic mass is 9.86. The van der Waals surface area contributed by atoms with Gasteiger partial charge < -0.3 is 23.8 Å². The fourth-order valence-corrected chi connectivity index (χ4v) is 9.76. The summed E-state index contributed by atoms with van der Waals surface area (Å²) in [7, 11) is 10.8. The van der Waals surface area contributed by atoms with E-state index in [1.54, 1.807) is 40.7 Å². The molecule has 3 heterocycles. The van der Waals surface area contributed by atoms with Crippen molar-refractivity contribution in [2.45, 2.75) is 216 Å². The van der Waals surface area contributed by atoms with Crippen LogP contribution in [0.25, 0.3) is 10.9 Å². The fraction of sp³-hybridized carbons (Fsp3) is 0.448. The summed E-state index contributed by atoms with van der Waals surface area (Å²) in [5.41, 5.74) is 13.5. The number of hydrogen-bond acceptors (Lipinski definition) is 8. The Kier molecular flexibility index (Phi) is 32.9. The summed E-state index contributed by atoms with van der Waals surface area (Å²) < 4.78 is 34.1. The van der Waals surface area contributed by atoms with Crippen LogP contribution in [0.3, 0.4) is 0 Å². The molecular formula is C87H124FN3O4S. The number of hydrogen-bond donors (Lipinski definition) is 0. The summed E-state index contributed by atoms with van der Waals surface area (Å²) in [6, 6.07) is 55.4. The Morgan fingerprint density at radius 3 is 1.24 bits per heavy atom. The molecule has 9 aromatic rings. The SMILES string of the molecule is CC(C)(C)c1ccccc1.CC(C)(C)c1cccnc1.CC(C)(C)c1cccs1.CC(C)(C)c1cnc2ccccc2c1.CN(C)c1ccc(C(C)(C)C)cc1.COc1cc(OC)cc(C(C)(C)C)c1.COc1ccc(C(C)(C)C)cc1OC.Cc1ccc(F)c(C(C)(C)C)c1. The van der Waals surface area contributed by atoms with E-state index in [-0.39, 0.29) is 38.3 Å². The first-order valence-electron chi connectivity index (χ1n) is 33.5. The van der Waals surface area contributed by atoms with Gasteiger partial charge in [0.1, 0.15) is 17.3 Å². The topological polar surface area (TPSA) is 65.9 Å². The molecule has 0 unspecified atom stereocenters. The van der Waals surface area contributed by atoms with Gasteiger partial charge in [0.2, 0.25) is 0 Å². The van der Waals surface area contributed by atoms with Crippen LogP contribution in [0.4, 0.5) is 10.1 Å². The minimum Gasteiger partial charge on any atom is -0.497 e. The molecule has 6 aromatic carbocycles. The summed E-state index contributed by atoms with van der Waals surface area (Å²) >= 11 is 1.83. The van der Waals surface area contributed by atoms with Crippen molar-refractivity contribution in [2.24, 2.45) is 0 Å². The number of methoxy groups -OCH3 is 4. The van der Waals surface area contributed by atoms with Crippen LogP contribution in [0.15, 0.2) is 188 Å². The molecule has 0 atom stereocenters. The highest BCUT2D eigenvalue weighted by Crippen LogP contribution is 2.34. The van der Waals surface area contributed by atoms with E-state index in [4.69, 9.17) is 18.9 Å². The van der Waals surface area contributed by atoms with Crippen molar-refractivity contribution >= 4 is 27.9 Å². The molecule has 0 bridgehead atoms. The molecule has 3 aromatic heterocycles. The van der Waals surface area contributed by atoms with Gasteiger partial charge >= 0.3 is 0 Å². The highest BCUT2D eigenvalue weighted by atomic mass is 32.1. The second-order valence-corrected chi connectivity index (χ2v) is 33.5. The van der Waals surface area contributed by atoms with E-state index in [1.807, 2.05) is 106 Å². The third-order valence-corrected chi connectivity index (χ3v) is 16.8. The number of benzene rings is 6. The number of rotatable bonds is 5. The Balaban J connectivity index is 0.000000375. The van der Waals surface area contributed by atoms with E-state index in [9.17, 15) is 4.39 Å². The van der Waals surface area contributed by atoms with Gasteiger partial charge in [0.05, 0.1) is 34.0 Å². The van der Waals surface area contributed by atoms with Gasteiger partial charge in [-0.15, -0.1) is 11.3 Å². The molecule has 0 N–H and O–H groups in total. The number of anilines is 1. The number of para-hydroxylation sites is 1. The Labute approximate surface area is 587 Å². The molecule has 0 saturated carbocycles. The summed E-state index contributed by atoms with van der Waals surface area (Å²) in [5, 5.41) is 3.35. The largest absolute Gasteiger partial charge is 0.497 e. The molecule has 0 fully saturated rings. The van der Waals surface area contributed by atoms with Crippen LogP contribution in [-0.4, -0.2) is 52.5 Å². The van der Waals surface area contributed by atoms with E-state index in [1.165, 1.54) is 55.4 Å². The number of ether oxygens (including phenoxy) is 4. The van der Waals surface area contributed by atoms with Crippen LogP contribution in [0.5, 0.6) is 23.0 Å². The molecular weight excluding hydrogens is 1200 g/mol. The van der Waals surface area contributed by atoms with Crippen molar-refractivity contribution < 1.29 is 23.3 Å². The zero-order valence-electron chi connectivity index (χ0n) is 65.2. The normalized spacial score (nSPS) is 11.5. The zero-order chi connectivity index (χ0) is 73.3. The standard InChI is InChI=1S/C13H15N.C12H19N.2C12H18O2.C11H15F.C10H14.C9H13N.C8H12S/c1-13(2,3)11-8-10-6-4-5-7-12(10)14-9-11;1-12(2,3)10-6-8-11(9-7-10)13(4)5;1-12(2,3)9-6-10(13-4)8-11(7-9)14-5;1-12(2,3)9-6-7-10(13-4)11(8-9)14-5;1-8-5-6-10(12)9(7-8)11(2,3)4;1-10(2,3)9-7-5-4-6-8-9;1-9(2,3)8-5-4-6-10-7-8;1-8(2,3)7-5-4-6-9-7/h4-9H,1-3H3;6-9H,1-5H3;2*6-8H,1-5H3;5-7H,1-4H3;4-8H,1-3H3;4-7H,1-3H3;4-6H,1-3H3. The van der Waals surface area contributed by atoms with Crippen molar-refractivity contribution in [1.29, 1.82) is 0 Å². The van der Waals surface area contributed by atoms with Crippen LogP contribution in [0.2, 0.25) is 0 Å². The lowest BCUT2D eigenvalue weighted by molar-refractivity contribution is 0.353. The monoisotopic (exact) mass is 1330 g/mol. The highest BCUT2D eigenvalue weighted by molar-refractivity contribution is 7.10. The second-order valence-electron chi connectivity index (χ2n) is 32.6. The average molecular weight is 1330 g/mol. The Morgan fingerprint density at radius 1 is 0.375 bits per heavy atom. The number of aromatic nitrogens is 2. The number of thiophene rings is 1. The van der Waals surface area contributed by atoms with Crippen LogP contribution >= 0.6 is 11.3 Å². The number of halogens is 1. The molecule has 9 heteroatoms. The smallest absolute Gasteiger partial charge is 0.161 e. The molecule has 0 aliphatic heterocycles. The van der Waals surface area contributed by atoms with Gasteiger partial charge in [0.25, 0.3) is 0 Å². The summed E-state index contributed by atoms with van der Waals surface area (Å²) in [5.74, 6) is 3.15. The fourth-order valence-electron chi connectivity index (χ4n) is 8.95. The van der Waals surface area contributed by atoms with Crippen molar-refractivity contribution in [1.82, 2.24) is 9.97 Å². The molecule has 524 valence electrons. The Bertz CT molecular complexity index is 3560. The Morgan fingerprint density at radius 2 is 0.854 bits per heavy atom. The Hall–Kier alpha value is -7.49. The van der Waals surface area contributed by atoms with Crippen LogP contribution in [0, 0.1) is 12.7 Å². The molecule has 7 nitrogen and oxygen atoms in total. The third-order valence-electron chi connectivity index (χ3n) is 15.5. The highest BCUT2D eigenvalue weighted by Gasteiger charge is 2.21. The van der Waals surface area contributed by atoms with Gasteiger partial charge in [-0.05, 0) is 161 Å². The molecule has 0 amide bonds. The molecule has 0 spiro atoms. The summed E-state index contributed by atoms with van der Waals surface area (Å²) in [6.07, 6.45) is 5.69. The van der Waals surface area contributed by atoms with E-state index < -0.39 is 0 Å². The van der Waals surface area contributed by atoms with E-state index >= 15 is 0 Å². The van der Waals surface area contributed by atoms with Gasteiger partial charge in [-0.25, -0.2) is 4.39 Å². The van der Waals surface area contributed by atoms with Crippen LogP contribution in [-0.2, 0) is 43.3 Å². The second kappa shape index (κ2) is 37.3. The third kappa shape index (κ3) is 30.7. The maximum Gasteiger partial charge on any atom is 0.161 e. The molecule has 0 radical (unpaired) electrons. The number of pyridine rings is 2. The maximum atomic E-state index is 13.3. The number of fused-ring (bicyclic) bond motifs is 1. The van der Waals surface area contributed by atoms with Gasteiger partial charge in [0, 0.05) is 54.7 Å². The van der Waals surface area contributed by atoms with Gasteiger partial charge in [-0.1, -0.05) is 263 Å². The van der Waals surface area contributed by atoms with Crippen LogP contribution in [0.1, 0.15) is 216 Å². The van der Waals surface area contributed by atoms with Crippen molar-refractivity contribution in [3.63, 3.8) is 0 Å². The van der Waals surface area contributed by atoms with Crippen molar-refractivity contribution in [2.75, 3.05) is 47.4 Å². The first-order valence-corrected chi connectivity index (χ1v) is 34.4. The lowest BCUT2D eigenvalue weighted by Crippen LogP contribution is -2.13. The molecule has 0 aliphatic rings.